The maximum absolute atomic E-state index is 12.1. The van der Waals surface area contributed by atoms with E-state index in [2.05, 4.69) is 24.1 Å². The Morgan fingerprint density at radius 3 is 2.72 bits per heavy atom. The molecule has 1 aliphatic heterocycles. The van der Waals surface area contributed by atoms with E-state index in [0.29, 0.717) is 34.3 Å². The SMILES string of the molecule is CC(C)C[C@@H](CNC(=O)COc1cc(Cl)ccc1Cl)N1CCOCC1. The third kappa shape index (κ3) is 7.02. The molecule has 0 spiro atoms. The summed E-state index contributed by atoms with van der Waals surface area (Å²) in [6.07, 6.45) is 1.03. The largest absolute Gasteiger partial charge is 0.482 e. The highest BCUT2D eigenvalue weighted by atomic mass is 35.5. The van der Waals surface area contributed by atoms with Crippen LogP contribution < -0.4 is 10.1 Å². The van der Waals surface area contributed by atoms with Crippen LogP contribution in [0.5, 0.6) is 5.75 Å². The Morgan fingerprint density at radius 2 is 2.04 bits per heavy atom. The van der Waals surface area contributed by atoms with Gasteiger partial charge in [0.25, 0.3) is 5.91 Å². The van der Waals surface area contributed by atoms with Crippen molar-refractivity contribution < 1.29 is 14.3 Å². The predicted molar refractivity (Wildman–Crippen MR) is 101 cm³/mol. The summed E-state index contributed by atoms with van der Waals surface area (Å²) in [4.78, 5) is 14.5. The van der Waals surface area contributed by atoms with E-state index in [9.17, 15) is 4.79 Å². The number of halogens is 2. The minimum atomic E-state index is -0.168. The average Bonchev–Trinajstić information content (AvgIpc) is 2.59. The van der Waals surface area contributed by atoms with Crippen LogP contribution in [0.3, 0.4) is 0 Å². The van der Waals surface area contributed by atoms with E-state index in [1.807, 2.05) is 0 Å². The first kappa shape index (κ1) is 20.3. The highest BCUT2D eigenvalue weighted by molar-refractivity contribution is 6.34. The van der Waals surface area contributed by atoms with E-state index in [4.69, 9.17) is 32.7 Å². The summed E-state index contributed by atoms with van der Waals surface area (Å²) in [6, 6.07) is 5.23. The van der Waals surface area contributed by atoms with Crippen molar-refractivity contribution in [2.24, 2.45) is 5.92 Å². The van der Waals surface area contributed by atoms with Crippen molar-refractivity contribution >= 4 is 29.1 Å². The Kier molecular flexibility index (Phi) is 8.30. The highest BCUT2D eigenvalue weighted by Crippen LogP contribution is 2.27. The Bertz CT molecular complexity index is 563. The zero-order valence-electron chi connectivity index (χ0n) is 14.8. The molecule has 140 valence electrons. The van der Waals surface area contributed by atoms with Gasteiger partial charge in [0, 0.05) is 36.8 Å². The summed E-state index contributed by atoms with van der Waals surface area (Å²) in [5.74, 6) is 0.806. The molecule has 25 heavy (non-hydrogen) atoms. The number of nitrogens with zero attached hydrogens (tertiary/aromatic N) is 1. The third-order valence-electron chi connectivity index (χ3n) is 4.09. The fourth-order valence-corrected chi connectivity index (χ4v) is 3.20. The maximum atomic E-state index is 12.1. The molecule has 1 fully saturated rings. The number of morpholine rings is 1. The second kappa shape index (κ2) is 10.2. The first-order valence-electron chi connectivity index (χ1n) is 8.62. The van der Waals surface area contributed by atoms with Crippen molar-refractivity contribution in [1.29, 1.82) is 0 Å². The van der Waals surface area contributed by atoms with Crippen LogP contribution in [-0.4, -0.2) is 56.3 Å². The number of ether oxygens (including phenoxy) is 2. The van der Waals surface area contributed by atoms with Gasteiger partial charge in [0.2, 0.25) is 0 Å². The van der Waals surface area contributed by atoms with Crippen LogP contribution >= 0.6 is 23.2 Å². The molecule has 1 aliphatic rings. The fourth-order valence-electron chi connectivity index (χ4n) is 2.86. The minimum Gasteiger partial charge on any atom is -0.482 e. The average molecular weight is 389 g/mol. The Hall–Kier alpha value is -1.01. The van der Waals surface area contributed by atoms with Crippen molar-refractivity contribution in [1.82, 2.24) is 10.2 Å². The molecule has 1 N–H and O–H groups in total. The molecule has 1 amide bonds. The van der Waals surface area contributed by atoms with Gasteiger partial charge in [-0.2, -0.15) is 0 Å². The molecule has 1 aromatic rings. The molecule has 0 aliphatic carbocycles. The van der Waals surface area contributed by atoms with Gasteiger partial charge in [-0.1, -0.05) is 37.0 Å². The van der Waals surface area contributed by atoms with Gasteiger partial charge in [0.05, 0.1) is 18.2 Å². The van der Waals surface area contributed by atoms with Gasteiger partial charge in [-0.25, -0.2) is 0 Å². The summed E-state index contributed by atoms with van der Waals surface area (Å²) < 4.78 is 10.9. The number of carbonyl (C=O) groups excluding carboxylic acids is 1. The molecular weight excluding hydrogens is 363 g/mol. The molecule has 1 heterocycles. The maximum Gasteiger partial charge on any atom is 0.257 e. The Labute approximate surface area is 159 Å². The lowest BCUT2D eigenvalue weighted by atomic mass is 10.0. The lowest BCUT2D eigenvalue weighted by Gasteiger charge is -2.35. The predicted octanol–water partition coefficient (Wildman–Crippen LogP) is 3.24. The van der Waals surface area contributed by atoms with E-state index in [1.54, 1.807) is 18.2 Å². The van der Waals surface area contributed by atoms with Gasteiger partial charge >= 0.3 is 0 Å². The number of amides is 1. The van der Waals surface area contributed by atoms with E-state index in [-0.39, 0.29) is 12.5 Å². The zero-order chi connectivity index (χ0) is 18.2. The molecule has 2 rings (SSSR count). The molecule has 0 bridgehead atoms. The number of hydrogen-bond acceptors (Lipinski definition) is 4. The molecule has 0 aromatic heterocycles. The quantitative estimate of drug-likeness (QED) is 0.742. The smallest absolute Gasteiger partial charge is 0.257 e. The first-order chi connectivity index (χ1) is 12.0. The van der Waals surface area contributed by atoms with E-state index in [0.717, 1.165) is 32.7 Å². The number of rotatable bonds is 8. The Morgan fingerprint density at radius 1 is 1.32 bits per heavy atom. The van der Waals surface area contributed by atoms with Crippen LogP contribution in [0.2, 0.25) is 10.0 Å². The topological polar surface area (TPSA) is 50.8 Å². The standard InChI is InChI=1S/C18H26Cl2N2O3/c1-13(2)9-15(22-5-7-24-8-6-22)11-21-18(23)12-25-17-10-14(19)3-4-16(17)20/h3-4,10,13,15H,5-9,11-12H2,1-2H3,(H,21,23)/t15-/m0/s1. The fraction of sp³-hybridized carbons (Fsp3) is 0.611. The minimum absolute atomic E-state index is 0.0857. The molecule has 1 aromatic carbocycles. The van der Waals surface area contributed by atoms with Crippen molar-refractivity contribution in [3.05, 3.63) is 28.2 Å². The second-order valence-corrected chi connectivity index (χ2v) is 7.44. The van der Waals surface area contributed by atoms with Crippen LogP contribution in [0.15, 0.2) is 18.2 Å². The molecule has 0 radical (unpaired) electrons. The first-order valence-corrected chi connectivity index (χ1v) is 9.37. The van der Waals surface area contributed by atoms with Gasteiger partial charge in [0.15, 0.2) is 6.61 Å². The lowest BCUT2D eigenvalue weighted by Crippen LogP contribution is -2.49. The van der Waals surface area contributed by atoms with Gasteiger partial charge in [-0.05, 0) is 24.5 Å². The highest BCUT2D eigenvalue weighted by Gasteiger charge is 2.22. The number of hydrogen-bond donors (Lipinski definition) is 1. The number of benzene rings is 1. The van der Waals surface area contributed by atoms with E-state index >= 15 is 0 Å². The van der Waals surface area contributed by atoms with Crippen LogP contribution in [0, 0.1) is 5.92 Å². The summed E-state index contributed by atoms with van der Waals surface area (Å²) in [5.41, 5.74) is 0. The molecule has 1 saturated heterocycles. The molecule has 5 nitrogen and oxygen atoms in total. The zero-order valence-corrected chi connectivity index (χ0v) is 16.3. The van der Waals surface area contributed by atoms with Crippen molar-refractivity contribution in [3.63, 3.8) is 0 Å². The van der Waals surface area contributed by atoms with Crippen LogP contribution in [0.4, 0.5) is 0 Å². The van der Waals surface area contributed by atoms with Gasteiger partial charge < -0.3 is 14.8 Å². The second-order valence-electron chi connectivity index (χ2n) is 6.60. The van der Waals surface area contributed by atoms with Gasteiger partial charge in [0.1, 0.15) is 5.75 Å². The van der Waals surface area contributed by atoms with Crippen molar-refractivity contribution in [2.45, 2.75) is 26.3 Å². The normalized spacial score (nSPS) is 16.7. The van der Waals surface area contributed by atoms with E-state index in [1.165, 1.54) is 0 Å². The number of carbonyl (C=O) groups is 1. The Balaban J connectivity index is 1.82. The summed E-state index contributed by atoms with van der Waals surface area (Å²) in [7, 11) is 0. The monoisotopic (exact) mass is 388 g/mol. The third-order valence-corrected chi connectivity index (χ3v) is 4.64. The molecular formula is C18H26Cl2N2O3. The summed E-state index contributed by atoms with van der Waals surface area (Å²) >= 11 is 11.9. The van der Waals surface area contributed by atoms with Gasteiger partial charge in [-0.3, -0.25) is 9.69 Å². The van der Waals surface area contributed by atoms with Crippen molar-refractivity contribution in [3.8, 4) is 5.75 Å². The molecule has 1 atom stereocenters. The summed E-state index contributed by atoms with van der Waals surface area (Å²) in [5, 5.41) is 3.92. The van der Waals surface area contributed by atoms with Gasteiger partial charge in [-0.15, -0.1) is 0 Å². The molecule has 0 saturated carbocycles. The molecule has 7 heteroatoms. The van der Waals surface area contributed by atoms with Crippen molar-refractivity contribution in [2.75, 3.05) is 39.5 Å². The van der Waals surface area contributed by atoms with Crippen LogP contribution in [-0.2, 0) is 9.53 Å². The van der Waals surface area contributed by atoms with E-state index < -0.39 is 0 Å². The van der Waals surface area contributed by atoms with Crippen LogP contribution in [0.25, 0.3) is 0 Å². The lowest BCUT2D eigenvalue weighted by molar-refractivity contribution is -0.123. The number of nitrogens with one attached hydrogen (secondary N) is 1. The van der Waals surface area contributed by atoms with Crippen LogP contribution in [0.1, 0.15) is 20.3 Å². The molecule has 0 unspecified atom stereocenters. The summed E-state index contributed by atoms with van der Waals surface area (Å²) in [6.45, 7) is 8.21.